The molecule has 0 spiro atoms. The summed E-state index contributed by atoms with van der Waals surface area (Å²) in [5.41, 5.74) is 18.1. The first kappa shape index (κ1) is 35.4. The minimum atomic E-state index is -0.142. The summed E-state index contributed by atoms with van der Waals surface area (Å²) in [7, 11) is 0. The Morgan fingerprint density at radius 2 is 1.08 bits per heavy atom. The molecule has 0 amide bonds. The van der Waals surface area contributed by atoms with Gasteiger partial charge in [-0.2, -0.15) is 0 Å². The van der Waals surface area contributed by atoms with Crippen molar-refractivity contribution < 1.29 is 0 Å². The molecular weight excluding hydrogens is 739 g/mol. The SMILES string of the molecule is CC1(C)c2cc(N3CCCc4ccccc43)c#cc2-c2ccc(/C=C/c3ccc4c(ccc5cc(N6c7ccccc7N(c7ccccc7)c7ccccc76)ccc54)c3)cc21. The smallest absolute Gasteiger partial charge is 0.0931 e. The monoisotopic (exact) mass is 781 g/mol. The van der Waals surface area contributed by atoms with E-state index in [1.165, 1.54) is 66.2 Å². The molecule has 9 aromatic carbocycles. The van der Waals surface area contributed by atoms with Crippen molar-refractivity contribution in [3.05, 3.63) is 216 Å². The summed E-state index contributed by atoms with van der Waals surface area (Å²) < 4.78 is 0. The van der Waals surface area contributed by atoms with Gasteiger partial charge in [0.25, 0.3) is 0 Å². The standard InChI is InChI=1S/C58H43N3/c1-58(2)51-36-40(25-31-49(51)50-33-28-45(38-52(50)58)59-34-12-14-41-13-6-7-17-53(41)59)23-22-39-24-30-47-42(35-39)26-27-43-37-46(29-32-48(43)47)61-56-20-10-8-18-54(56)60(44-15-4-3-5-16-44)55-19-9-11-21-57(55)61/h3-11,13,15-27,29-32,35-38H,12,14,34H2,1-2H3/b23-22+. The van der Waals surface area contributed by atoms with Crippen molar-refractivity contribution in [3.63, 3.8) is 0 Å². The van der Waals surface area contributed by atoms with Gasteiger partial charge in [0.05, 0.1) is 28.4 Å². The molecule has 0 saturated carbocycles. The molecule has 2 aliphatic heterocycles. The molecule has 0 saturated heterocycles. The molecule has 0 atom stereocenters. The summed E-state index contributed by atoms with van der Waals surface area (Å²) in [6.45, 7) is 5.72. The summed E-state index contributed by atoms with van der Waals surface area (Å²) in [6, 6.07) is 71.6. The van der Waals surface area contributed by atoms with Crippen molar-refractivity contribution in [2.24, 2.45) is 0 Å². The van der Waals surface area contributed by atoms with Crippen LogP contribution in [0, 0.1) is 12.1 Å². The fourth-order valence-corrected chi connectivity index (χ4v) is 10.2. The summed E-state index contributed by atoms with van der Waals surface area (Å²) in [6.07, 6.45) is 6.79. The van der Waals surface area contributed by atoms with E-state index in [-0.39, 0.29) is 5.41 Å². The van der Waals surface area contributed by atoms with E-state index < -0.39 is 0 Å². The van der Waals surface area contributed by atoms with Crippen LogP contribution >= 0.6 is 0 Å². The predicted molar refractivity (Wildman–Crippen MR) is 257 cm³/mol. The van der Waals surface area contributed by atoms with Gasteiger partial charge >= 0.3 is 0 Å². The zero-order valence-electron chi connectivity index (χ0n) is 34.4. The van der Waals surface area contributed by atoms with Gasteiger partial charge in [-0.1, -0.05) is 141 Å². The van der Waals surface area contributed by atoms with E-state index >= 15 is 0 Å². The Morgan fingerprint density at radius 1 is 0.492 bits per heavy atom. The van der Waals surface area contributed by atoms with Gasteiger partial charge in [0, 0.05) is 34.6 Å². The Kier molecular flexibility index (Phi) is 7.99. The molecule has 0 unspecified atom stereocenters. The van der Waals surface area contributed by atoms with Crippen molar-refractivity contribution in [2.45, 2.75) is 32.1 Å². The molecule has 3 heteroatoms. The lowest BCUT2D eigenvalue weighted by Gasteiger charge is -2.40. The Hall–Kier alpha value is -7.54. The average Bonchev–Trinajstić information content (AvgIpc) is 3.54. The van der Waals surface area contributed by atoms with E-state index in [4.69, 9.17) is 0 Å². The lowest BCUT2D eigenvalue weighted by atomic mass is 9.82. The fraction of sp³-hybridized carbons (Fsp3) is 0.103. The van der Waals surface area contributed by atoms with Crippen molar-refractivity contribution in [2.75, 3.05) is 21.2 Å². The molecular formula is C58H43N3. The van der Waals surface area contributed by atoms with Crippen LogP contribution in [0.2, 0.25) is 0 Å². The second-order valence-electron chi connectivity index (χ2n) is 17.2. The minimum Gasteiger partial charge on any atom is -0.334 e. The first-order valence-corrected chi connectivity index (χ1v) is 21.5. The zero-order chi connectivity index (χ0) is 40.7. The number of aryl methyl sites for hydroxylation is 1. The molecule has 0 N–H and O–H groups in total. The number of hydrogen-bond donors (Lipinski definition) is 0. The molecule has 0 aromatic heterocycles. The van der Waals surface area contributed by atoms with Crippen LogP contribution in [0.15, 0.2) is 176 Å². The first-order chi connectivity index (χ1) is 30.0. The van der Waals surface area contributed by atoms with Gasteiger partial charge in [-0.15, -0.1) is 0 Å². The van der Waals surface area contributed by atoms with Crippen LogP contribution in [-0.2, 0) is 11.8 Å². The second kappa shape index (κ2) is 13.8. The predicted octanol–water partition coefficient (Wildman–Crippen LogP) is 15.4. The number of rotatable bonds is 5. The quantitative estimate of drug-likeness (QED) is 0.127. The van der Waals surface area contributed by atoms with Gasteiger partial charge in [-0.25, -0.2) is 0 Å². The summed E-state index contributed by atoms with van der Waals surface area (Å²) in [5.74, 6) is 0. The maximum atomic E-state index is 3.61. The van der Waals surface area contributed by atoms with Gasteiger partial charge < -0.3 is 14.7 Å². The number of nitrogens with zero attached hydrogens (tertiary/aromatic N) is 3. The maximum Gasteiger partial charge on any atom is 0.0931 e. The third kappa shape index (κ3) is 5.67. The van der Waals surface area contributed by atoms with E-state index in [1.54, 1.807) is 0 Å². The van der Waals surface area contributed by atoms with Crippen LogP contribution in [0.4, 0.5) is 45.5 Å². The molecule has 0 fully saturated rings. The minimum absolute atomic E-state index is 0.142. The summed E-state index contributed by atoms with van der Waals surface area (Å²) in [4.78, 5) is 7.21. The van der Waals surface area contributed by atoms with Gasteiger partial charge in [0.1, 0.15) is 0 Å². The Bertz CT molecular complexity index is 3180. The Morgan fingerprint density at radius 3 is 1.80 bits per heavy atom. The van der Waals surface area contributed by atoms with Crippen LogP contribution in [0.3, 0.4) is 0 Å². The van der Waals surface area contributed by atoms with Crippen molar-refractivity contribution in [1.29, 1.82) is 0 Å². The number of hydrogen-bond acceptors (Lipinski definition) is 3. The lowest BCUT2D eigenvalue weighted by molar-refractivity contribution is 0.659. The number of para-hydroxylation sites is 6. The average molecular weight is 782 g/mol. The highest BCUT2D eigenvalue weighted by molar-refractivity contribution is 6.10. The molecule has 0 bridgehead atoms. The third-order valence-electron chi connectivity index (χ3n) is 13.2. The molecule has 290 valence electrons. The molecule has 1 aliphatic carbocycles. The van der Waals surface area contributed by atoms with E-state index in [0.29, 0.717) is 0 Å². The van der Waals surface area contributed by atoms with Crippen LogP contribution in [0.25, 0.3) is 44.8 Å². The Labute approximate surface area is 358 Å². The molecule has 12 rings (SSSR count). The van der Waals surface area contributed by atoms with E-state index in [0.717, 1.165) is 59.2 Å². The van der Waals surface area contributed by atoms with E-state index in [1.807, 2.05) is 0 Å². The molecule has 2 heterocycles. The fourth-order valence-electron chi connectivity index (χ4n) is 10.2. The van der Waals surface area contributed by atoms with Crippen LogP contribution in [0.5, 0.6) is 0 Å². The van der Waals surface area contributed by atoms with Crippen LogP contribution < -0.4 is 14.7 Å². The van der Waals surface area contributed by atoms with Gasteiger partial charge in [-0.05, 0) is 141 Å². The molecule has 9 aromatic rings. The first-order valence-electron chi connectivity index (χ1n) is 21.5. The third-order valence-corrected chi connectivity index (χ3v) is 13.2. The Balaban J connectivity index is 0.835. The van der Waals surface area contributed by atoms with Gasteiger partial charge in [-0.3, -0.25) is 0 Å². The number of fused-ring (bicyclic) bond motifs is 9. The van der Waals surface area contributed by atoms with Gasteiger partial charge in [0.15, 0.2) is 0 Å². The van der Waals surface area contributed by atoms with E-state index in [9.17, 15) is 0 Å². The summed E-state index contributed by atoms with van der Waals surface area (Å²) >= 11 is 0. The molecule has 3 nitrogen and oxygen atoms in total. The van der Waals surface area contributed by atoms with Crippen LogP contribution in [0.1, 0.15) is 48.1 Å². The molecule has 3 aliphatic rings. The summed E-state index contributed by atoms with van der Waals surface area (Å²) in [5, 5.41) is 4.97. The zero-order valence-corrected chi connectivity index (χ0v) is 34.4. The molecule has 61 heavy (non-hydrogen) atoms. The largest absolute Gasteiger partial charge is 0.334 e. The van der Waals surface area contributed by atoms with E-state index in [2.05, 4.69) is 229 Å². The highest BCUT2D eigenvalue weighted by atomic mass is 15.3. The molecule has 0 radical (unpaired) electrons. The van der Waals surface area contributed by atoms with Crippen molar-refractivity contribution >= 4 is 79.2 Å². The number of benzene rings is 8. The normalized spacial score (nSPS) is 14.7. The van der Waals surface area contributed by atoms with Crippen molar-refractivity contribution in [3.8, 4) is 11.1 Å². The highest BCUT2D eigenvalue weighted by Crippen LogP contribution is 2.54. The maximum absolute atomic E-state index is 3.61. The topological polar surface area (TPSA) is 9.72 Å². The second-order valence-corrected chi connectivity index (χ2v) is 17.2. The van der Waals surface area contributed by atoms with Crippen molar-refractivity contribution in [1.82, 2.24) is 0 Å². The highest BCUT2D eigenvalue weighted by Gasteiger charge is 2.37. The number of anilines is 8. The van der Waals surface area contributed by atoms with Crippen LogP contribution in [-0.4, -0.2) is 6.54 Å². The van der Waals surface area contributed by atoms with Gasteiger partial charge in [0.2, 0.25) is 0 Å². The lowest BCUT2D eigenvalue weighted by Crippen LogP contribution is -2.24.